The maximum atomic E-state index is 13.3. The second-order valence-corrected chi connectivity index (χ2v) is 3.10. The summed E-state index contributed by atoms with van der Waals surface area (Å²) in [5.74, 6) is 0.648. The van der Waals surface area contributed by atoms with Gasteiger partial charge in [-0.2, -0.15) is 0 Å². The van der Waals surface area contributed by atoms with Gasteiger partial charge >= 0.3 is 0 Å². The van der Waals surface area contributed by atoms with Gasteiger partial charge in [-0.3, -0.25) is 0 Å². The zero-order valence-electron chi connectivity index (χ0n) is 8.74. The van der Waals surface area contributed by atoms with E-state index in [0.29, 0.717) is 11.5 Å². The highest BCUT2D eigenvalue weighted by Crippen LogP contribution is 2.31. The van der Waals surface area contributed by atoms with E-state index in [9.17, 15) is 4.39 Å². The van der Waals surface area contributed by atoms with Crippen molar-refractivity contribution in [3.63, 3.8) is 0 Å². The van der Waals surface area contributed by atoms with Crippen LogP contribution in [-0.4, -0.2) is 7.11 Å². The Morgan fingerprint density at radius 3 is 2.38 bits per heavy atom. The SMILES string of the molecule is COc1ccccc1Oc1ccc[c]c1F. The van der Waals surface area contributed by atoms with Crippen LogP contribution in [0.3, 0.4) is 0 Å². The summed E-state index contributed by atoms with van der Waals surface area (Å²) in [6, 6.07) is 14.2. The molecule has 0 aliphatic heterocycles. The summed E-state index contributed by atoms with van der Waals surface area (Å²) in [5, 5.41) is 0. The summed E-state index contributed by atoms with van der Waals surface area (Å²) in [4.78, 5) is 0. The normalized spacial score (nSPS) is 9.88. The maximum absolute atomic E-state index is 13.3. The Morgan fingerprint density at radius 1 is 1.00 bits per heavy atom. The Bertz CT molecular complexity index is 483. The van der Waals surface area contributed by atoms with Crippen molar-refractivity contribution in [2.45, 2.75) is 0 Å². The summed E-state index contributed by atoms with van der Waals surface area (Å²) in [7, 11) is 1.54. The summed E-state index contributed by atoms with van der Waals surface area (Å²) >= 11 is 0. The van der Waals surface area contributed by atoms with Crippen molar-refractivity contribution in [2.75, 3.05) is 7.11 Å². The minimum Gasteiger partial charge on any atom is -0.493 e. The van der Waals surface area contributed by atoms with Gasteiger partial charge in [0.05, 0.1) is 7.11 Å². The van der Waals surface area contributed by atoms with E-state index in [1.807, 2.05) is 6.07 Å². The molecule has 0 heterocycles. The minimum absolute atomic E-state index is 0.131. The number of methoxy groups -OCH3 is 1. The van der Waals surface area contributed by atoms with E-state index in [1.165, 1.54) is 19.2 Å². The first-order valence-corrected chi connectivity index (χ1v) is 4.78. The molecule has 0 aliphatic rings. The molecule has 0 aromatic heterocycles. The first-order chi connectivity index (χ1) is 7.81. The molecule has 0 aliphatic carbocycles. The van der Waals surface area contributed by atoms with Gasteiger partial charge in [-0.05, 0) is 18.2 Å². The molecular weight excluding hydrogens is 207 g/mol. The van der Waals surface area contributed by atoms with E-state index < -0.39 is 5.82 Å². The zero-order valence-corrected chi connectivity index (χ0v) is 8.74. The first-order valence-electron chi connectivity index (χ1n) is 4.78. The first kappa shape index (κ1) is 10.5. The molecule has 81 valence electrons. The van der Waals surface area contributed by atoms with Gasteiger partial charge in [0, 0.05) is 6.07 Å². The standard InChI is InChI=1S/C13H10FO2/c1-15-12-8-4-5-9-13(12)16-11-7-3-2-6-10(11)14/h2-5,7-9H,1H3. The predicted molar refractivity (Wildman–Crippen MR) is 58.3 cm³/mol. The third-order valence-electron chi connectivity index (χ3n) is 2.06. The fourth-order valence-electron chi connectivity index (χ4n) is 1.30. The summed E-state index contributed by atoms with van der Waals surface area (Å²) in [5.41, 5.74) is 0. The number of benzene rings is 2. The highest BCUT2D eigenvalue weighted by Gasteiger charge is 2.07. The number of hydrogen-bond acceptors (Lipinski definition) is 2. The van der Waals surface area contributed by atoms with Crippen LogP contribution in [0.4, 0.5) is 4.39 Å². The number of hydrogen-bond donors (Lipinski definition) is 0. The van der Waals surface area contributed by atoms with Gasteiger partial charge in [-0.25, -0.2) is 4.39 Å². The molecule has 2 rings (SSSR count). The molecule has 0 unspecified atom stereocenters. The number of rotatable bonds is 3. The van der Waals surface area contributed by atoms with Crippen LogP contribution in [0.25, 0.3) is 0 Å². The molecule has 0 atom stereocenters. The molecule has 0 spiro atoms. The lowest BCUT2D eigenvalue weighted by Crippen LogP contribution is -1.91. The number of halogens is 1. The molecule has 0 amide bonds. The van der Waals surface area contributed by atoms with Crippen LogP contribution in [-0.2, 0) is 0 Å². The van der Waals surface area contributed by atoms with Crippen molar-refractivity contribution in [1.29, 1.82) is 0 Å². The van der Waals surface area contributed by atoms with E-state index in [4.69, 9.17) is 9.47 Å². The number of ether oxygens (including phenoxy) is 2. The topological polar surface area (TPSA) is 18.5 Å². The van der Waals surface area contributed by atoms with Crippen LogP contribution < -0.4 is 9.47 Å². The Labute approximate surface area is 93.2 Å². The second kappa shape index (κ2) is 4.66. The average molecular weight is 217 g/mol. The molecule has 3 heteroatoms. The molecule has 0 fully saturated rings. The summed E-state index contributed by atoms with van der Waals surface area (Å²) < 4.78 is 23.8. The zero-order chi connectivity index (χ0) is 11.4. The molecule has 2 nitrogen and oxygen atoms in total. The Kier molecular flexibility index (Phi) is 3.05. The van der Waals surface area contributed by atoms with Crippen molar-refractivity contribution in [2.24, 2.45) is 0 Å². The largest absolute Gasteiger partial charge is 0.493 e. The van der Waals surface area contributed by atoms with Crippen molar-refractivity contribution >= 4 is 0 Å². The smallest absolute Gasteiger partial charge is 0.173 e. The molecule has 0 bridgehead atoms. The van der Waals surface area contributed by atoms with Gasteiger partial charge in [-0.1, -0.05) is 24.3 Å². The lowest BCUT2D eigenvalue weighted by atomic mass is 10.3. The van der Waals surface area contributed by atoms with Gasteiger partial charge in [0.2, 0.25) is 0 Å². The molecule has 2 aromatic carbocycles. The maximum Gasteiger partial charge on any atom is 0.173 e. The quantitative estimate of drug-likeness (QED) is 0.784. The van der Waals surface area contributed by atoms with Crippen LogP contribution in [0.5, 0.6) is 17.2 Å². The fraction of sp³-hybridized carbons (Fsp3) is 0.0769. The monoisotopic (exact) mass is 217 g/mol. The molecule has 1 radical (unpaired) electrons. The van der Waals surface area contributed by atoms with Crippen molar-refractivity contribution in [3.8, 4) is 17.2 Å². The molecule has 0 saturated heterocycles. The summed E-state index contributed by atoms with van der Waals surface area (Å²) in [6.07, 6.45) is 0. The highest BCUT2D eigenvalue weighted by atomic mass is 19.1. The average Bonchev–Trinajstić information content (AvgIpc) is 2.33. The third-order valence-corrected chi connectivity index (χ3v) is 2.06. The fourth-order valence-corrected chi connectivity index (χ4v) is 1.30. The van der Waals surface area contributed by atoms with Crippen LogP contribution >= 0.6 is 0 Å². The second-order valence-electron chi connectivity index (χ2n) is 3.10. The summed E-state index contributed by atoms with van der Waals surface area (Å²) in [6.45, 7) is 0. The van der Waals surface area contributed by atoms with Gasteiger partial charge in [0.25, 0.3) is 0 Å². The van der Waals surface area contributed by atoms with Gasteiger partial charge in [-0.15, -0.1) is 0 Å². The van der Waals surface area contributed by atoms with Crippen LogP contribution in [0, 0.1) is 11.9 Å². The minimum atomic E-state index is -0.520. The van der Waals surface area contributed by atoms with E-state index in [2.05, 4.69) is 6.07 Å². The van der Waals surface area contributed by atoms with Crippen LogP contribution in [0.15, 0.2) is 42.5 Å². The van der Waals surface area contributed by atoms with E-state index in [-0.39, 0.29) is 5.75 Å². The molecular formula is C13H10FO2. The molecule has 16 heavy (non-hydrogen) atoms. The number of para-hydroxylation sites is 2. The van der Waals surface area contributed by atoms with Crippen LogP contribution in [0.2, 0.25) is 0 Å². The van der Waals surface area contributed by atoms with Crippen LogP contribution in [0.1, 0.15) is 0 Å². The highest BCUT2D eigenvalue weighted by molar-refractivity contribution is 5.42. The molecule has 0 N–H and O–H groups in total. The van der Waals surface area contributed by atoms with Gasteiger partial charge in [0.15, 0.2) is 23.1 Å². The lowest BCUT2D eigenvalue weighted by Gasteiger charge is -2.09. The molecule has 0 saturated carbocycles. The van der Waals surface area contributed by atoms with E-state index >= 15 is 0 Å². The van der Waals surface area contributed by atoms with Crippen molar-refractivity contribution in [3.05, 3.63) is 54.3 Å². The predicted octanol–water partition coefficient (Wildman–Crippen LogP) is 3.43. The lowest BCUT2D eigenvalue weighted by molar-refractivity contribution is 0.371. The van der Waals surface area contributed by atoms with Gasteiger partial charge < -0.3 is 9.47 Å². The third kappa shape index (κ3) is 2.14. The van der Waals surface area contributed by atoms with E-state index in [1.54, 1.807) is 24.3 Å². The van der Waals surface area contributed by atoms with Gasteiger partial charge in [0.1, 0.15) is 0 Å². The van der Waals surface area contributed by atoms with Crippen molar-refractivity contribution in [1.82, 2.24) is 0 Å². The van der Waals surface area contributed by atoms with Crippen molar-refractivity contribution < 1.29 is 13.9 Å². The Hall–Kier alpha value is -2.03. The molecule has 2 aromatic rings. The Balaban J connectivity index is 2.30. The Morgan fingerprint density at radius 2 is 1.69 bits per heavy atom. The van der Waals surface area contributed by atoms with E-state index in [0.717, 1.165) is 0 Å².